The molecule has 0 bridgehead atoms. The molecule has 1 amide bonds. The predicted octanol–water partition coefficient (Wildman–Crippen LogP) is 1.84. The molecular formula is C11H7F3N2O3. The number of halogens is 3. The van der Waals surface area contributed by atoms with Crippen molar-refractivity contribution in [3.05, 3.63) is 39.4 Å². The molecular weight excluding hydrogens is 265 g/mol. The number of benzene rings is 1. The molecule has 0 saturated carbocycles. The Labute approximate surface area is 105 Å². The second kappa shape index (κ2) is 5.39. The highest BCUT2D eigenvalue weighted by molar-refractivity contribution is 5.76. The summed E-state index contributed by atoms with van der Waals surface area (Å²) in [5.41, 5.74) is 2.69. The van der Waals surface area contributed by atoms with E-state index in [0.717, 1.165) is 6.07 Å². The minimum absolute atomic E-state index is 0.209. The second-order valence-electron chi connectivity index (χ2n) is 3.43. The van der Waals surface area contributed by atoms with Gasteiger partial charge < -0.3 is 5.73 Å². The average Bonchev–Trinajstić information content (AvgIpc) is 2.27. The summed E-state index contributed by atoms with van der Waals surface area (Å²) in [6.45, 7) is 0. The first-order valence-electron chi connectivity index (χ1n) is 4.84. The van der Waals surface area contributed by atoms with Gasteiger partial charge in [-0.1, -0.05) is 11.8 Å². The van der Waals surface area contributed by atoms with Gasteiger partial charge in [0.25, 0.3) is 5.69 Å². The summed E-state index contributed by atoms with van der Waals surface area (Å²) in [6, 6.07) is 1.96. The maximum Gasteiger partial charge on any atom is 0.416 e. The number of alkyl halides is 3. The third kappa shape index (κ3) is 3.99. The number of nitrogens with zero attached hydrogens (tertiary/aromatic N) is 1. The molecule has 0 unspecified atom stereocenters. The van der Waals surface area contributed by atoms with Gasteiger partial charge in [0.15, 0.2) is 0 Å². The zero-order valence-corrected chi connectivity index (χ0v) is 9.32. The van der Waals surface area contributed by atoms with Crippen LogP contribution in [0.4, 0.5) is 18.9 Å². The zero-order chi connectivity index (χ0) is 14.6. The molecule has 2 N–H and O–H groups in total. The molecule has 0 aliphatic rings. The Morgan fingerprint density at radius 1 is 1.42 bits per heavy atom. The summed E-state index contributed by atoms with van der Waals surface area (Å²) < 4.78 is 37.2. The van der Waals surface area contributed by atoms with Crippen LogP contribution in [0.3, 0.4) is 0 Å². The van der Waals surface area contributed by atoms with Crippen molar-refractivity contribution in [2.75, 3.05) is 0 Å². The molecule has 5 nitrogen and oxygen atoms in total. The Kier molecular flexibility index (Phi) is 4.11. The number of nitrogens with two attached hydrogens (primary N) is 1. The minimum atomic E-state index is -4.68. The largest absolute Gasteiger partial charge is 0.416 e. The van der Waals surface area contributed by atoms with Crippen LogP contribution in [0.5, 0.6) is 0 Å². The first-order valence-corrected chi connectivity index (χ1v) is 4.84. The van der Waals surface area contributed by atoms with Crippen LogP contribution in [0.1, 0.15) is 17.5 Å². The normalized spacial score (nSPS) is 10.5. The van der Waals surface area contributed by atoms with Gasteiger partial charge in [-0.25, -0.2) is 0 Å². The monoisotopic (exact) mass is 272 g/mol. The molecule has 0 spiro atoms. The topological polar surface area (TPSA) is 86.2 Å². The van der Waals surface area contributed by atoms with Gasteiger partial charge in [0.05, 0.1) is 16.9 Å². The van der Waals surface area contributed by atoms with Gasteiger partial charge in [0, 0.05) is 6.07 Å². The molecule has 19 heavy (non-hydrogen) atoms. The van der Waals surface area contributed by atoms with E-state index >= 15 is 0 Å². The van der Waals surface area contributed by atoms with Crippen molar-refractivity contribution in [2.24, 2.45) is 5.73 Å². The fourth-order valence-electron chi connectivity index (χ4n) is 1.19. The smallest absolute Gasteiger partial charge is 0.369 e. The van der Waals surface area contributed by atoms with E-state index in [4.69, 9.17) is 5.73 Å². The van der Waals surface area contributed by atoms with Crippen molar-refractivity contribution in [1.29, 1.82) is 0 Å². The highest BCUT2D eigenvalue weighted by Gasteiger charge is 2.32. The molecule has 0 fully saturated rings. The lowest BCUT2D eigenvalue weighted by Crippen LogP contribution is -2.08. The van der Waals surface area contributed by atoms with Crippen LogP contribution in [-0.4, -0.2) is 10.8 Å². The molecule has 1 aromatic rings. The van der Waals surface area contributed by atoms with Crippen LogP contribution in [0.15, 0.2) is 18.2 Å². The molecule has 1 rings (SSSR count). The lowest BCUT2D eigenvalue weighted by atomic mass is 10.1. The van der Waals surface area contributed by atoms with Gasteiger partial charge in [-0.15, -0.1) is 0 Å². The van der Waals surface area contributed by atoms with Crippen LogP contribution >= 0.6 is 0 Å². The van der Waals surface area contributed by atoms with Crippen LogP contribution in [0.2, 0.25) is 0 Å². The van der Waals surface area contributed by atoms with Crippen molar-refractivity contribution in [1.82, 2.24) is 0 Å². The Hall–Kier alpha value is -2.56. The van der Waals surface area contributed by atoms with Gasteiger partial charge in [-0.3, -0.25) is 14.9 Å². The molecule has 0 aliphatic carbocycles. The van der Waals surface area contributed by atoms with Crippen molar-refractivity contribution in [3.8, 4) is 11.8 Å². The third-order valence-electron chi connectivity index (χ3n) is 2.01. The molecule has 0 atom stereocenters. The van der Waals surface area contributed by atoms with E-state index in [0.29, 0.717) is 12.1 Å². The fraction of sp³-hybridized carbons (Fsp3) is 0.182. The van der Waals surface area contributed by atoms with Crippen molar-refractivity contribution in [2.45, 2.75) is 12.6 Å². The Morgan fingerprint density at radius 3 is 2.53 bits per heavy atom. The van der Waals surface area contributed by atoms with Gasteiger partial charge in [0.2, 0.25) is 5.91 Å². The number of nitro groups is 1. The lowest BCUT2D eigenvalue weighted by molar-refractivity contribution is -0.385. The molecule has 8 heteroatoms. The van der Waals surface area contributed by atoms with Crippen molar-refractivity contribution >= 4 is 11.6 Å². The number of amides is 1. The number of carbonyl (C=O) groups is 1. The standard InChI is InChI=1S/C11H7F3N2O3/c12-11(13,14)8-5-4-7(2-1-3-10(15)17)9(6-8)16(18)19/h4-6H,3H2,(H2,15,17). The Bertz CT molecular complexity index is 585. The summed E-state index contributed by atoms with van der Waals surface area (Å²) in [4.78, 5) is 20.1. The van der Waals surface area contributed by atoms with E-state index in [2.05, 4.69) is 11.8 Å². The highest BCUT2D eigenvalue weighted by Crippen LogP contribution is 2.32. The van der Waals surface area contributed by atoms with Crippen LogP contribution < -0.4 is 5.73 Å². The fourth-order valence-corrected chi connectivity index (χ4v) is 1.19. The predicted molar refractivity (Wildman–Crippen MR) is 58.8 cm³/mol. The Balaban J connectivity index is 3.22. The summed E-state index contributed by atoms with van der Waals surface area (Å²) in [5.74, 6) is 3.75. The molecule has 0 heterocycles. The van der Waals surface area contributed by atoms with E-state index in [1.54, 1.807) is 0 Å². The van der Waals surface area contributed by atoms with Gasteiger partial charge in [0.1, 0.15) is 5.56 Å². The van der Waals surface area contributed by atoms with Crippen molar-refractivity contribution < 1.29 is 22.9 Å². The number of rotatable bonds is 2. The highest BCUT2D eigenvalue weighted by atomic mass is 19.4. The van der Waals surface area contributed by atoms with Crippen LogP contribution in [-0.2, 0) is 11.0 Å². The number of primary amides is 1. The SMILES string of the molecule is NC(=O)CC#Cc1ccc(C(F)(F)F)cc1[N+](=O)[O-]. The summed E-state index contributed by atoms with van der Waals surface area (Å²) in [6.07, 6.45) is -5.01. The Morgan fingerprint density at radius 2 is 2.05 bits per heavy atom. The molecule has 1 aromatic carbocycles. The first-order chi connectivity index (χ1) is 8.71. The molecule has 0 aromatic heterocycles. The number of nitro benzene ring substituents is 1. The summed E-state index contributed by atoms with van der Waals surface area (Å²) in [7, 11) is 0. The second-order valence-corrected chi connectivity index (χ2v) is 3.43. The molecule has 100 valence electrons. The van der Waals surface area contributed by atoms with Gasteiger partial charge in [-0.05, 0) is 12.1 Å². The van der Waals surface area contributed by atoms with E-state index in [-0.39, 0.29) is 12.0 Å². The lowest BCUT2D eigenvalue weighted by Gasteiger charge is -2.06. The maximum absolute atomic E-state index is 12.4. The number of carbonyl (C=O) groups excluding carboxylic acids is 1. The van der Waals surface area contributed by atoms with E-state index in [9.17, 15) is 28.1 Å². The zero-order valence-electron chi connectivity index (χ0n) is 9.32. The summed E-state index contributed by atoms with van der Waals surface area (Å²) in [5, 5.41) is 10.7. The minimum Gasteiger partial charge on any atom is -0.369 e. The first kappa shape index (κ1) is 14.5. The van der Waals surface area contributed by atoms with Crippen LogP contribution in [0, 0.1) is 22.0 Å². The molecule has 0 saturated heterocycles. The molecule has 0 radical (unpaired) electrons. The number of hydrogen-bond acceptors (Lipinski definition) is 3. The van der Waals surface area contributed by atoms with Gasteiger partial charge >= 0.3 is 6.18 Å². The van der Waals surface area contributed by atoms with Crippen LogP contribution in [0.25, 0.3) is 0 Å². The van der Waals surface area contributed by atoms with Gasteiger partial charge in [-0.2, -0.15) is 13.2 Å². The van der Waals surface area contributed by atoms with Crippen molar-refractivity contribution in [3.63, 3.8) is 0 Å². The number of hydrogen-bond donors (Lipinski definition) is 1. The van der Waals surface area contributed by atoms with E-state index in [1.807, 2.05) is 0 Å². The van der Waals surface area contributed by atoms with E-state index in [1.165, 1.54) is 0 Å². The molecule has 0 aliphatic heterocycles. The van der Waals surface area contributed by atoms with E-state index < -0.39 is 28.3 Å². The summed E-state index contributed by atoms with van der Waals surface area (Å²) >= 11 is 0. The quantitative estimate of drug-likeness (QED) is 0.506. The average molecular weight is 272 g/mol. The maximum atomic E-state index is 12.4. The third-order valence-corrected chi connectivity index (χ3v) is 2.01.